The molecule has 5 heterocycles. The molecule has 7 heteroatoms. The van der Waals surface area contributed by atoms with Crippen molar-refractivity contribution >= 4 is 10.8 Å². The van der Waals surface area contributed by atoms with Crippen molar-refractivity contribution in [1.29, 1.82) is 0 Å². The van der Waals surface area contributed by atoms with Crippen LogP contribution in [0.2, 0.25) is 0 Å². The Balaban J connectivity index is 1.23. The van der Waals surface area contributed by atoms with E-state index in [1.807, 2.05) is 42.5 Å². The average Bonchev–Trinajstić information content (AvgIpc) is 3.43. The highest BCUT2D eigenvalue weighted by Gasteiger charge is 2.36. The Morgan fingerprint density at radius 3 is 2.66 bits per heavy atom. The van der Waals surface area contributed by atoms with E-state index >= 15 is 0 Å². The highest BCUT2D eigenvalue weighted by Crippen LogP contribution is 2.35. The maximum atomic E-state index is 13.3. The van der Waals surface area contributed by atoms with E-state index in [-0.39, 0.29) is 17.8 Å². The van der Waals surface area contributed by atoms with Gasteiger partial charge in [-0.3, -0.25) is 14.3 Å². The van der Waals surface area contributed by atoms with Crippen LogP contribution in [0.15, 0.2) is 53.5 Å². The number of hydrogen-bond donors (Lipinski definition) is 0. The second-order valence-electron chi connectivity index (χ2n) is 9.82. The summed E-state index contributed by atoms with van der Waals surface area (Å²) in [5.74, 6) is 2.73. The van der Waals surface area contributed by atoms with Gasteiger partial charge in [-0.05, 0) is 86.5 Å². The highest BCUT2D eigenvalue weighted by atomic mass is 16.5. The summed E-state index contributed by atoms with van der Waals surface area (Å²) < 4.78 is 25.2. The monoisotopic (exact) mass is 476 g/mol. The van der Waals surface area contributed by atoms with Crippen molar-refractivity contribution in [2.45, 2.75) is 37.9 Å². The van der Waals surface area contributed by atoms with E-state index in [4.69, 9.17) is 18.9 Å². The minimum Gasteiger partial charge on any atom is -0.493 e. The molecule has 4 aliphatic rings. The molecule has 2 bridgehead atoms. The number of benzene rings is 2. The third-order valence-electron chi connectivity index (χ3n) is 7.64. The largest absolute Gasteiger partial charge is 0.493 e. The summed E-state index contributed by atoms with van der Waals surface area (Å²) in [6.07, 6.45) is 6.66. The fraction of sp³-hybridized carbons (Fsp3) is 0.464. The van der Waals surface area contributed by atoms with Gasteiger partial charge in [-0.15, -0.1) is 0 Å². The van der Waals surface area contributed by atoms with Crippen LogP contribution >= 0.6 is 0 Å². The van der Waals surface area contributed by atoms with E-state index in [0.29, 0.717) is 23.7 Å². The number of pyridine rings is 1. The van der Waals surface area contributed by atoms with Gasteiger partial charge in [0.2, 0.25) is 0 Å². The predicted octanol–water partition coefficient (Wildman–Crippen LogP) is 4.03. The lowest BCUT2D eigenvalue weighted by Gasteiger charge is -2.44. The average molecular weight is 477 g/mol. The number of ether oxygens (including phenoxy) is 4. The first-order valence-corrected chi connectivity index (χ1v) is 12.7. The molecule has 2 atom stereocenters. The molecule has 7 nitrogen and oxygen atoms in total. The summed E-state index contributed by atoms with van der Waals surface area (Å²) in [5.41, 5.74) is 0.662. The first kappa shape index (κ1) is 22.4. The van der Waals surface area contributed by atoms with Gasteiger partial charge in [0.05, 0.1) is 18.9 Å². The van der Waals surface area contributed by atoms with E-state index in [1.54, 1.807) is 17.9 Å². The van der Waals surface area contributed by atoms with Gasteiger partial charge in [0.25, 0.3) is 5.56 Å². The molecular weight excluding hydrogens is 444 g/mol. The summed E-state index contributed by atoms with van der Waals surface area (Å²) in [6, 6.07) is 13.3. The number of hydrogen-bond acceptors (Lipinski definition) is 6. The van der Waals surface area contributed by atoms with Gasteiger partial charge in [-0.2, -0.15) is 0 Å². The van der Waals surface area contributed by atoms with Gasteiger partial charge >= 0.3 is 0 Å². The third kappa shape index (κ3) is 4.50. The van der Waals surface area contributed by atoms with Crippen molar-refractivity contribution < 1.29 is 18.9 Å². The number of nitrogens with zero attached hydrogens (tertiary/aromatic N) is 2. The van der Waals surface area contributed by atoms with Crippen molar-refractivity contribution in [3.63, 3.8) is 0 Å². The molecule has 4 aliphatic heterocycles. The van der Waals surface area contributed by atoms with Crippen LogP contribution in [0.1, 0.15) is 25.7 Å². The Morgan fingerprint density at radius 1 is 1.03 bits per heavy atom. The van der Waals surface area contributed by atoms with Gasteiger partial charge in [0.15, 0.2) is 11.5 Å². The van der Waals surface area contributed by atoms with Crippen molar-refractivity contribution in [3.05, 3.63) is 59.0 Å². The normalized spacial score (nSPS) is 25.6. The SMILES string of the molecule is COc1cc(-n2ccc3cc(OC[C@H]4CCCO4)ccc3c2=O)ccc1OC1CN2CCC1CC2. The van der Waals surface area contributed by atoms with Gasteiger partial charge in [0, 0.05) is 30.8 Å². The maximum absolute atomic E-state index is 13.3. The van der Waals surface area contributed by atoms with E-state index in [9.17, 15) is 4.79 Å². The zero-order valence-electron chi connectivity index (χ0n) is 20.2. The van der Waals surface area contributed by atoms with Crippen LogP contribution in [-0.2, 0) is 4.74 Å². The molecule has 3 aromatic rings. The quantitative estimate of drug-likeness (QED) is 0.513. The van der Waals surface area contributed by atoms with Crippen LogP contribution in [0, 0.1) is 5.92 Å². The first-order chi connectivity index (χ1) is 17.2. The fourth-order valence-electron chi connectivity index (χ4n) is 5.59. The first-order valence-electron chi connectivity index (χ1n) is 12.7. The van der Waals surface area contributed by atoms with Crippen LogP contribution < -0.4 is 19.8 Å². The molecular formula is C28H32N2O5. The van der Waals surface area contributed by atoms with Crippen molar-refractivity contribution in [1.82, 2.24) is 9.47 Å². The predicted molar refractivity (Wildman–Crippen MR) is 134 cm³/mol. The summed E-state index contributed by atoms with van der Waals surface area (Å²) in [6.45, 7) is 4.67. The molecule has 0 aliphatic carbocycles. The van der Waals surface area contributed by atoms with Crippen molar-refractivity contribution in [2.75, 3.05) is 40.0 Å². The summed E-state index contributed by atoms with van der Waals surface area (Å²) in [7, 11) is 1.64. The standard InChI is InChI=1S/C28H32N2O5/c1-32-26-16-21(4-7-25(26)35-27-17-29-11-8-19(27)9-12-29)30-13-10-20-15-22(5-6-24(20)28(30)31)34-18-23-3-2-14-33-23/h4-7,10,13,15-16,19,23,27H,2-3,8-9,11-12,14,17-18H2,1H3/t23-,27?/m1/s1. The van der Waals surface area contributed by atoms with Gasteiger partial charge < -0.3 is 18.9 Å². The summed E-state index contributed by atoms with van der Waals surface area (Å²) in [5, 5.41) is 1.49. The zero-order chi connectivity index (χ0) is 23.8. The van der Waals surface area contributed by atoms with Crippen LogP contribution in [0.25, 0.3) is 16.5 Å². The van der Waals surface area contributed by atoms with E-state index in [1.165, 1.54) is 25.9 Å². The van der Waals surface area contributed by atoms with Crippen LogP contribution in [-0.4, -0.2) is 61.6 Å². The van der Waals surface area contributed by atoms with E-state index < -0.39 is 0 Å². The minimum atomic E-state index is -0.0821. The maximum Gasteiger partial charge on any atom is 0.262 e. The van der Waals surface area contributed by atoms with Gasteiger partial charge in [-0.1, -0.05) is 0 Å². The number of methoxy groups -OCH3 is 1. The molecule has 1 unspecified atom stereocenters. The minimum absolute atomic E-state index is 0.0821. The molecule has 4 fully saturated rings. The number of piperidine rings is 3. The molecule has 0 amide bonds. The molecule has 35 heavy (non-hydrogen) atoms. The lowest BCUT2D eigenvalue weighted by molar-refractivity contribution is -0.00883. The molecule has 7 rings (SSSR count). The molecule has 0 saturated carbocycles. The molecule has 4 saturated heterocycles. The van der Waals surface area contributed by atoms with Crippen LogP contribution in [0.4, 0.5) is 0 Å². The number of aromatic nitrogens is 1. The highest BCUT2D eigenvalue weighted by molar-refractivity contribution is 5.83. The molecule has 2 aromatic carbocycles. The van der Waals surface area contributed by atoms with E-state index in [0.717, 1.165) is 48.6 Å². The summed E-state index contributed by atoms with van der Waals surface area (Å²) in [4.78, 5) is 15.8. The van der Waals surface area contributed by atoms with Gasteiger partial charge in [-0.25, -0.2) is 0 Å². The second kappa shape index (κ2) is 9.55. The van der Waals surface area contributed by atoms with Gasteiger partial charge in [0.1, 0.15) is 18.5 Å². The Bertz CT molecular complexity index is 1260. The third-order valence-corrected chi connectivity index (χ3v) is 7.64. The molecule has 1 aromatic heterocycles. The van der Waals surface area contributed by atoms with Crippen LogP contribution in [0.5, 0.6) is 17.2 Å². The summed E-state index contributed by atoms with van der Waals surface area (Å²) >= 11 is 0. The molecule has 0 radical (unpaired) electrons. The molecule has 184 valence electrons. The lowest BCUT2D eigenvalue weighted by atomic mass is 9.86. The lowest BCUT2D eigenvalue weighted by Crippen LogP contribution is -2.52. The zero-order valence-corrected chi connectivity index (χ0v) is 20.2. The fourth-order valence-corrected chi connectivity index (χ4v) is 5.59. The Morgan fingerprint density at radius 2 is 1.91 bits per heavy atom. The molecule has 0 N–H and O–H groups in total. The molecule has 0 spiro atoms. The number of fused-ring (bicyclic) bond motifs is 4. The smallest absolute Gasteiger partial charge is 0.262 e. The van der Waals surface area contributed by atoms with Crippen LogP contribution in [0.3, 0.4) is 0 Å². The number of rotatable bonds is 7. The van der Waals surface area contributed by atoms with E-state index in [2.05, 4.69) is 4.90 Å². The Hall–Kier alpha value is -3.03. The topological polar surface area (TPSA) is 62.2 Å². The Kier molecular flexibility index (Phi) is 6.12. The van der Waals surface area contributed by atoms with Crippen molar-refractivity contribution in [3.8, 4) is 22.9 Å². The Labute approximate surface area is 205 Å². The van der Waals surface area contributed by atoms with Crippen molar-refractivity contribution in [2.24, 2.45) is 5.92 Å². The second-order valence-corrected chi connectivity index (χ2v) is 9.82.